The van der Waals surface area contributed by atoms with Gasteiger partial charge in [-0.25, -0.2) is 4.79 Å². The summed E-state index contributed by atoms with van der Waals surface area (Å²) >= 11 is 0. The van der Waals surface area contributed by atoms with Gasteiger partial charge < -0.3 is 4.57 Å². The lowest BCUT2D eigenvalue weighted by molar-refractivity contribution is 0.600. The van der Waals surface area contributed by atoms with Gasteiger partial charge in [0.05, 0.1) is 5.52 Å². The second-order valence-electron chi connectivity index (χ2n) is 7.29. The molecule has 146 valence electrons. The number of aryl methyl sites for hydroxylation is 3. The van der Waals surface area contributed by atoms with Gasteiger partial charge in [0.25, 0.3) is 5.56 Å². The molecule has 0 saturated heterocycles. The molecule has 0 N–H and O–H groups in total. The van der Waals surface area contributed by atoms with Crippen LogP contribution in [0.25, 0.3) is 22.1 Å². The van der Waals surface area contributed by atoms with E-state index in [0.29, 0.717) is 11.0 Å². The number of unbranched alkanes of at least 4 members (excludes halogenated alkanes) is 4. The van der Waals surface area contributed by atoms with Gasteiger partial charge in [-0.2, -0.15) is 0 Å². The molecule has 3 rings (SSSR count). The van der Waals surface area contributed by atoms with Crippen molar-refractivity contribution in [2.75, 3.05) is 0 Å². The van der Waals surface area contributed by atoms with Crippen LogP contribution in [0.3, 0.4) is 0 Å². The molecule has 0 aromatic carbocycles. The van der Waals surface area contributed by atoms with E-state index < -0.39 is 0 Å². The van der Waals surface area contributed by atoms with Gasteiger partial charge in [-0.1, -0.05) is 39.5 Å². The number of hydrogen-bond donors (Lipinski definition) is 0. The Morgan fingerprint density at radius 3 is 2.37 bits per heavy atom. The summed E-state index contributed by atoms with van der Waals surface area (Å²) in [5.74, 6) is 0. The fraction of sp³-hybridized carbons (Fsp3) is 0.600. The molecule has 0 fully saturated rings. The van der Waals surface area contributed by atoms with Crippen molar-refractivity contribution in [2.45, 2.75) is 65.3 Å². The SMILES string of the molecule is CCCCCCc1cc2nnc3c(c(=O)n(C)c(=O)n3C)c2n1CCCC. The average molecular weight is 371 g/mol. The van der Waals surface area contributed by atoms with Crippen molar-refractivity contribution >= 4 is 22.1 Å². The molecule has 0 aliphatic rings. The highest BCUT2D eigenvalue weighted by molar-refractivity contribution is 6.00. The largest absolute Gasteiger partial charge is 0.342 e. The van der Waals surface area contributed by atoms with E-state index in [9.17, 15) is 9.59 Å². The second-order valence-corrected chi connectivity index (χ2v) is 7.29. The van der Waals surface area contributed by atoms with Gasteiger partial charge in [-0.05, 0) is 25.3 Å². The van der Waals surface area contributed by atoms with E-state index >= 15 is 0 Å². The minimum absolute atomic E-state index is 0.304. The van der Waals surface area contributed by atoms with Gasteiger partial charge >= 0.3 is 5.69 Å². The van der Waals surface area contributed by atoms with Crippen LogP contribution in [0.15, 0.2) is 15.7 Å². The van der Waals surface area contributed by atoms with Crippen LogP contribution in [-0.4, -0.2) is 23.9 Å². The van der Waals surface area contributed by atoms with E-state index in [4.69, 9.17) is 0 Å². The molecule has 0 unspecified atom stereocenters. The van der Waals surface area contributed by atoms with Crippen molar-refractivity contribution in [1.29, 1.82) is 0 Å². The van der Waals surface area contributed by atoms with Crippen molar-refractivity contribution in [1.82, 2.24) is 23.9 Å². The third kappa shape index (κ3) is 3.42. The summed E-state index contributed by atoms with van der Waals surface area (Å²) in [4.78, 5) is 25.2. The van der Waals surface area contributed by atoms with Gasteiger partial charge in [0, 0.05) is 26.3 Å². The molecule has 3 aromatic rings. The highest BCUT2D eigenvalue weighted by Crippen LogP contribution is 2.25. The maximum Gasteiger partial charge on any atom is 0.332 e. The molecule has 0 radical (unpaired) electrons. The van der Waals surface area contributed by atoms with Crippen molar-refractivity contribution in [3.63, 3.8) is 0 Å². The predicted octanol–water partition coefficient (Wildman–Crippen LogP) is 2.90. The van der Waals surface area contributed by atoms with E-state index in [0.717, 1.165) is 47.8 Å². The van der Waals surface area contributed by atoms with Crippen LogP contribution < -0.4 is 11.2 Å². The highest BCUT2D eigenvalue weighted by Gasteiger charge is 2.19. The Hall–Kier alpha value is -2.44. The maximum atomic E-state index is 12.9. The van der Waals surface area contributed by atoms with Gasteiger partial charge in [-0.15, -0.1) is 10.2 Å². The molecule has 7 nitrogen and oxygen atoms in total. The first-order valence-corrected chi connectivity index (χ1v) is 9.95. The Kier molecular flexibility index (Phi) is 5.77. The summed E-state index contributed by atoms with van der Waals surface area (Å²) < 4.78 is 4.79. The average Bonchev–Trinajstić information content (AvgIpc) is 3.03. The predicted molar refractivity (Wildman–Crippen MR) is 108 cm³/mol. The molecule has 0 spiro atoms. The number of rotatable bonds is 8. The van der Waals surface area contributed by atoms with Crippen LogP contribution >= 0.6 is 0 Å². The van der Waals surface area contributed by atoms with Crippen LogP contribution in [0.5, 0.6) is 0 Å². The Morgan fingerprint density at radius 1 is 0.926 bits per heavy atom. The summed E-state index contributed by atoms with van der Waals surface area (Å²) in [6, 6.07) is 2.06. The third-order valence-electron chi connectivity index (χ3n) is 5.31. The number of aromatic nitrogens is 5. The van der Waals surface area contributed by atoms with Crippen molar-refractivity contribution in [3.05, 3.63) is 32.6 Å². The molecule has 0 amide bonds. The Labute approximate surface area is 158 Å². The minimum Gasteiger partial charge on any atom is -0.342 e. The van der Waals surface area contributed by atoms with E-state index in [1.165, 1.54) is 36.6 Å². The van der Waals surface area contributed by atoms with Gasteiger partial charge in [0.15, 0.2) is 5.65 Å². The molecule has 0 saturated carbocycles. The fourth-order valence-corrected chi connectivity index (χ4v) is 3.70. The number of fused-ring (bicyclic) bond motifs is 3. The molecule has 3 heterocycles. The lowest BCUT2D eigenvalue weighted by Crippen LogP contribution is -2.37. The number of hydrogen-bond acceptors (Lipinski definition) is 4. The van der Waals surface area contributed by atoms with Crippen LogP contribution in [0, 0.1) is 0 Å². The van der Waals surface area contributed by atoms with Crippen LogP contribution in [0.4, 0.5) is 0 Å². The molecule has 0 aliphatic heterocycles. The summed E-state index contributed by atoms with van der Waals surface area (Å²) in [7, 11) is 3.15. The van der Waals surface area contributed by atoms with Crippen molar-refractivity contribution < 1.29 is 0 Å². The van der Waals surface area contributed by atoms with Crippen molar-refractivity contribution in [3.8, 4) is 0 Å². The summed E-state index contributed by atoms with van der Waals surface area (Å²) in [6.07, 6.45) is 7.84. The summed E-state index contributed by atoms with van der Waals surface area (Å²) in [6.45, 7) is 5.21. The Balaban J connectivity index is 2.25. The quantitative estimate of drug-likeness (QED) is 0.571. The lowest BCUT2D eigenvalue weighted by Gasteiger charge is -2.12. The summed E-state index contributed by atoms with van der Waals surface area (Å²) in [5.41, 5.74) is 2.42. The Bertz CT molecular complexity index is 1070. The zero-order valence-corrected chi connectivity index (χ0v) is 16.8. The van der Waals surface area contributed by atoms with E-state index in [1.54, 1.807) is 7.05 Å². The first-order chi connectivity index (χ1) is 13.0. The van der Waals surface area contributed by atoms with Crippen LogP contribution in [-0.2, 0) is 27.1 Å². The molecule has 3 aromatic heterocycles. The fourth-order valence-electron chi connectivity index (χ4n) is 3.70. The third-order valence-corrected chi connectivity index (χ3v) is 5.31. The van der Waals surface area contributed by atoms with Crippen LogP contribution in [0.2, 0.25) is 0 Å². The van der Waals surface area contributed by atoms with E-state index in [1.807, 2.05) is 0 Å². The second kappa shape index (κ2) is 8.06. The normalized spacial score (nSPS) is 11.7. The zero-order chi connectivity index (χ0) is 19.6. The first-order valence-electron chi connectivity index (χ1n) is 9.95. The van der Waals surface area contributed by atoms with Crippen molar-refractivity contribution in [2.24, 2.45) is 14.1 Å². The van der Waals surface area contributed by atoms with Gasteiger partial charge in [0.1, 0.15) is 10.9 Å². The lowest BCUT2D eigenvalue weighted by atomic mass is 10.1. The highest BCUT2D eigenvalue weighted by atomic mass is 16.2. The topological polar surface area (TPSA) is 74.7 Å². The minimum atomic E-state index is -0.382. The molecule has 27 heavy (non-hydrogen) atoms. The maximum absolute atomic E-state index is 12.9. The smallest absolute Gasteiger partial charge is 0.332 e. The Morgan fingerprint density at radius 2 is 1.67 bits per heavy atom. The monoisotopic (exact) mass is 371 g/mol. The summed E-state index contributed by atoms with van der Waals surface area (Å²) in [5, 5.41) is 9.03. The van der Waals surface area contributed by atoms with Gasteiger partial charge in [-0.3, -0.25) is 13.9 Å². The molecular formula is C20H29N5O2. The molecule has 0 bridgehead atoms. The van der Waals surface area contributed by atoms with E-state index in [-0.39, 0.29) is 11.2 Å². The molecule has 7 heteroatoms. The molecule has 0 atom stereocenters. The first kappa shape index (κ1) is 19.3. The number of nitrogens with zero attached hydrogens (tertiary/aromatic N) is 5. The van der Waals surface area contributed by atoms with Crippen LogP contribution in [0.1, 0.15) is 58.1 Å². The van der Waals surface area contributed by atoms with E-state index in [2.05, 4.69) is 34.7 Å². The van der Waals surface area contributed by atoms with Gasteiger partial charge in [0.2, 0.25) is 0 Å². The zero-order valence-electron chi connectivity index (χ0n) is 16.8. The molecular weight excluding hydrogens is 342 g/mol. The standard InChI is InChI=1S/C20H29N5O2/c1-5-7-9-10-11-14-13-15-17(25(14)12-8-6-2)16-18(22-21-15)23(3)20(27)24(4)19(16)26/h13H,5-12H2,1-4H3. The molecule has 0 aliphatic carbocycles.